The fourth-order valence-corrected chi connectivity index (χ4v) is 1.05. The van der Waals surface area contributed by atoms with Crippen LogP contribution in [0.5, 0.6) is 0 Å². The Hall–Kier alpha value is -1.12. The summed E-state index contributed by atoms with van der Waals surface area (Å²) in [6.45, 7) is 5.29. The van der Waals surface area contributed by atoms with Crippen LogP contribution in [0.3, 0.4) is 0 Å². The lowest BCUT2D eigenvalue weighted by molar-refractivity contribution is -0.137. The Morgan fingerprint density at radius 3 is 2.86 bits per heavy atom. The van der Waals surface area contributed by atoms with Gasteiger partial charge in [-0.2, -0.15) is 0 Å². The molecule has 0 fully saturated rings. The third-order valence-corrected chi connectivity index (χ3v) is 1.74. The molecule has 0 aromatic heterocycles. The lowest BCUT2D eigenvalue weighted by Gasteiger charge is -2.06. The smallest absolute Gasteiger partial charge is 0.330 e. The molecule has 1 unspecified atom stereocenters. The standard InChI is InChI=1S/C11H17FO2/c1-3-5-10(8-9-12)6-7-11(13)14-4-2/h3,6-7,10H,1,4-5,8-9H2,2H3. The van der Waals surface area contributed by atoms with Crippen LogP contribution in [-0.4, -0.2) is 19.3 Å². The predicted molar refractivity (Wildman–Crippen MR) is 54.7 cm³/mol. The van der Waals surface area contributed by atoms with Crippen LogP contribution in [-0.2, 0) is 9.53 Å². The Labute approximate surface area is 84.5 Å². The van der Waals surface area contributed by atoms with Gasteiger partial charge < -0.3 is 4.74 Å². The van der Waals surface area contributed by atoms with Gasteiger partial charge in [0.05, 0.1) is 13.3 Å². The van der Waals surface area contributed by atoms with Gasteiger partial charge in [0.1, 0.15) is 0 Å². The molecular weight excluding hydrogens is 183 g/mol. The molecule has 2 nitrogen and oxygen atoms in total. The van der Waals surface area contributed by atoms with Crippen molar-refractivity contribution in [1.29, 1.82) is 0 Å². The van der Waals surface area contributed by atoms with Crippen molar-refractivity contribution in [3.8, 4) is 0 Å². The van der Waals surface area contributed by atoms with E-state index >= 15 is 0 Å². The SMILES string of the molecule is C=CCC(C=CC(=O)OCC)CCF. The summed E-state index contributed by atoms with van der Waals surface area (Å²) in [6, 6.07) is 0. The summed E-state index contributed by atoms with van der Waals surface area (Å²) in [4.78, 5) is 10.9. The second-order valence-corrected chi connectivity index (χ2v) is 2.87. The monoisotopic (exact) mass is 200 g/mol. The van der Waals surface area contributed by atoms with Gasteiger partial charge in [-0.05, 0) is 25.7 Å². The molecular formula is C11H17FO2. The van der Waals surface area contributed by atoms with Gasteiger partial charge in [-0.3, -0.25) is 4.39 Å². The van der Waals surface area contributed by atoms with E-state index < -0.39 is 0 Å². The van der Waals surface area contributed by atoms with E-state index in [4.69, 9.17) is 4.74 Å². The molecule has 3 heteroatoms. The van der Waals surface area contributed by atoms with Gasteiger partial charge in [-0.1, -0.05) is 12.2 Å². The molecule has 0 aliphatic rings. The molecule has 0 amide bonds. The van der Waals surface area contributed by atoms with Crippen molar-refractivity contribution in [2.75, 3.05) is 13.3 Å². The highest BCUT2D eigenvalue weighted by molar-refractivity contribution is 5.81. The third kappa shape index (κ3) is 6.40. The number of carbonyl (C=O) groups excluding carboxylic acids is 1. The summed E-state index contributed by atoms with van der Waals surface area (Å²) in [7, 11) is 0. The molecule has 0 aliphatic heterocycles. The van der Waals surface area contributed by atoms with Crippen molar-refractivity contribution in [3.05, 3.63) is 24.8 Å². The van der Waals surface area contributed by atoms with Crippen LogP contribution in [0.1, 0.15) is 19.8 Å². The molecule has 0 spiro atoms. The number of hydrogen-bond donors (Lipinski definition) is 0. The van der Waals surface area contributed by atoms with Gasteiger partial charge in [0.15, 0.2) is 0 Å². The highest BCUT2D eigenvalue weighted by Gasteiger charge is 2.03. The zero-order valence-electron chi connectivity index (χ0n) is 8.54. The number of esters is 1. The molecule has 0 radical (unpaired) electrons. The topological polar surface area (TPSA) is 26.3 Å². The van der Waals surface area contributed by atoms with Gasteiger partial charge in [-0.15, -0.1) is 6.58 Å². The predicted octanol–water partition coefficient (Wildman–Crippen LogP) is 2.66. The molecule has 0 saturated carbocycles. The van der Waals surface area contributed by atoms with Crippen LogP contribution in [0.25, 0.3) is 0 Å². The molecule has 0 aromatic rings. The van der Waals surface area contributed by atoms with Gasteiger partial charge in [-0.25, -0.2) is 4.79 Å². The van der Waals surface area contributed by atoms with Gasteiger partial charge >= 0.3 is 5.97 Å². The summed E-state index contributed by atoms with van der Waals surface area (Å²) in [5.41, 5.74) is 0. The Kier molecular flexibility index (Phi) is 7.80. The van der Waals surface area contributed by atoms with E-state index in [0.717, 1.165) is 0 Å². The zero-order valence-corrected chi connectivity index (χ0v) is 8.54. The summed E-state index contributed by atoms with van der Waals surface area (Å²) in [6.07, 6.45) is 5.85. The van der Waals surface area contributed by atoms with Crippen LogP contribution in [0.2, 0.25) is 0 Å². The largest absolute Gasteiger partial charge is 0.463 e. The second kappa shape index (κ2) is 8.48. The van der Waals surface area contributed by atoms with Crippen molar-refractivity contribution >= 4 is 5.97 Å². The first-order valence-electron chi connectivity index (χ1n) is 4.76. The van der Waals surface area contributed by atoms with E-state index in [2.05, 4.69) is 6.58 Å². The zero-order chi connectivity index (χ0) is 10.8. The normalized spacial score (nSPS) is 12.7. The van der Waals surface area contributed by atoms with E-state index in [0.29, 0.717) is 19.4 Å². The minimum atomic E-state index is -0.383. The average molecular weight is 200 g/mol. The number of alkyl halides is 1. The first-order valence-corrected chi connectivity index (χ1v) is 4.76. The second-order valence-electron chi connectivity index (χ2n) is 2.87. The number of carbonyl (C=O) groups is 1. The van der Waals surface area contributed by atoms with Crippen molar-refractivity contribution in [1.82, 2.24) is 0 Å². The molecule has 0 aliphatic carbocycles. The van der Waals surface area contributed by atoms with Crippen LogP contribution >= 0.6 is 0 Å². The molecule has 1 atom stereocenters. The molecule has 80 valence electrons. The summed E-state index contributed by atoms with van der Waals surface area (Å²) in [5, 5.41) is 0. The number of ether oxygens (including phenoxy) is 1. The van der Waals surface area contributed by atoms with E-state index in [1.807, 2.05) is 0 Å². The highest BCUT2D eigenvalue weighted by atomic mass is 19.1. The van der Waals surface area contributed by atoms with E-state index in [1.54, 1.807) is 19.1 Å². The van der Waals surface area contributed by atoms with Crippen LogP contribution < -0.4 is 0 Å². The van der Waals surface area contributed by atoms with Gasteiger partial charge in [0.25, 0.3) is 0 Å². The maximum absolute atomic E-state index is 12.1. The summed E-state index contributed by atoms with van der Waals surface area (Å²) >= 11 is 0. The van der Waals surface area contributed by atoms with Crippen molar-refractivity contribution in [2.24, 2.45) is 5.92 Å². The number of rotatable bonds is 7. The number of allylic oxidation sites excluding steroid dienone is 2. The number of halogens is 1. The Morgan fingerprint density at radius 1 is 1.64 bits per heavy atom. The molecule has 14 heavy (non-hydrogen) atoms. The third-order valence-electron chi connectivity index (χ3n) is 1.74. The lowest BCUT2D eigenvalue weighted by atomic mass is 10.0. The van der Waals surface area contributed by atoms with Crippen LogP contribution in [0.15, 0.2) is 24.8 Å². The van der Waals surface area contributed by atoms with E-state index in [-0.39, 0.29) is 18.6 Å². The first-order chi connectivity index (χ1) is 6.74. The average Bonchev–Trinajstić information content (AvgIpc) is 2.15. The summed E-state index contributed by atoms with van der Waals surface area (Å²) in [5.74, 6) is -0.331. The lowest BCUT2D eigenvalue weighted by Crippen LogP contribution is -2.02. The van der Waals surface area contributed by atoms with E-state index in [9.17, 15) is 9.18 Å². The maximum atomic E-state index is 12.1. The van der Waals surface area contributed by atoms with Crippen molar-refractivity contribution in [3.63, 3.8) is 0 Å². The molecule has 0 N–H and O–H groups in total. The van der Waals surface area contributed by atoms with Gasteiger partial charge in [0, 0.05) is 6.08 Å². The number of hydrogen-bond acceptors (Lipinski definition) is 2. The molecule has 0 bridgehead atoms. The minimum Gasteiger partial charge on any atom is -0.463 e. The Morgan fingerprint density at radius 2 is 2.36 bits per heavy atom. The minimum absolute atomic E-state index is 0.0434. The first kappa shape index (κ1) is 12.9. The fourth-order valence-electron chi connectivity index (χ4n) is 1.05. The fraction of sp³-hybridized carbons (Fsp3) is 0.545. The van der Waals surface area contributed by atoms with Crippen molar-refractivity contribution < 1.29 is 13.9 Å². The molecule has 0 saturated heterocycles. The highest BCUT2D eigenvalue weighted by Crippen LogP contribution is 2.11. The molecule has 0 rings (SSSR count). The Balaban J connectivity index is 3.99. The summed E-state index contributed by atoms with van der Waals surface area (Å²) < 4.78 is 16.8. The van der Waals surface area contributed by atoms with Gasteiger partial charge in [0.2, 0.25) is 0 Å². The quantitative estimate of drug-likeness (QED) is 0.359. The molecule has 0 heterocycles. The molecule has 0 aromatic carbocycles. The van der Waals surface area contributed by atoms with Crippen LogP contribution in [0.4, 0.5) is 4.39 Å². The maximum Gasteiger partial charge on any atom is 0.330 e. The van der Waals surface area contributed by atoms with E-state index in [1.165, 1.54) is 6.08 Å². The van der Waals surface area contributed by atoms with Crippen molar-refractivity contribution in [2.45, 2.75) is 19.8 Å². The van der Waals surface area contributed by atoms with Crippen LogP contribution in [0, 0.1) is 5.92 Å². The Bertz CT molecular complexity index is 199.